The molecule has 0 atom stereocenters. The van der Waals surface area contributed by atoms with Gasteiger partial charge in [0.1, 0.15) is 5.75 Å². The molecule has 0 bridgehead atoms. The average Bonchev–Trinajstić information content (AvgIpc) is 2.46. The van der Waals surface area contributed by atoms with E-state index in [1.54, 1.807) is 0 Å². The van der Waals surface area contributed by atoms with E-state index in [0.29, 0.717) is 11.5 Å². The van der Waals surface area contributed by atoms with Crippen molar-refractivity contribution >= 4 is 26.8 Å². The molecule has 0 spiro atoms. The van der Waals surface area contributed by atoms with Crippen LogP contribution >= 0.6 is 0 Å². The average molecular weight is 333 g/mol. The molecule has 1 aliphatic heterocycles. The van der Waals surface area contributed by atoms with Crippen molar-refractivity contribution in [1.29, 1.82) is 0 Å². The molecule has 0 saturated carbocycles. The number of nitrogens with zero attached hydrogens (tertiary/aromatic N) is 1. The van der Waals surface area contributed by atoms with Crippen LogP contribution in [0.1, 0.15) is 0 Å². The third-order valence-corrected chi connectivity index (χ3v) is 6.15. The van der Waals surface area contributed by atoms with Gasteiger partial charge in [-0.05, 0) is 24.3 Å². The van der Waals surface area contributed by atoms with E-state index in [4.69, 9.17) is 9.84 Å². The molecule has 0 aromatic heterocycles. The fraction of sp³-hybridized carbons (Fsp3) is 0.417. The van der Waals surface area contributed by atoms with Crippen molar-refractivity contribution in [2.45, 2.75) is 4.90 Å². The molecule has 9 heteroatoms. The maximum atomic E-state index is 12.4. The Kier molecular flexibility index (Phi) is 4.96. The quantitative estimate of drug-likeness (QED) is 0.808. The predicted molar refractivity (Wildman–Crippen MR) is 76.2 cm³/mol. The van der Waals surface area contributed by atoms with E-state index in [2.05, 4.69) is 0 Å². The fourth-order valence-corrected chi connectivity index (χ4v) is 4.59. The largest absolute Gasteiger partial charge is 0.482 e. The molecule has 1 heterocycles. The van der Waals surface area contributed by atoms with Crippen LogP contribution in [0.3, 0.4) is 0 Å². The van der Waals surface area contributed by atoms with Crippen molar-refractivity contribution in [3.63, 3.8) is 0 Å². The predicted octanol–water partition coefficient (Wildman–Crippen LogP) is -0.0970. The van der Waals surface area contributed by atoms with Crippen molar-refractivity contribution in [2.24, 2.45) is 0 Å². The molecule has 0 aliphatic carbocycles. The van der Waals surface area contributed by atoms with Gasteiger partial charge in [-0.1, -0.05) is 0 Å². The van der Waals surface area contributed by atoms with E-state index >= 15 is 0 Å². The molecule has 1 N–H and O–H groups in total. The summed E-state index contributed by atoms with van der Waals surface area (Å²) < 4.78 is 42.2. The normalized spacial score (nSPS) is 17.5. The van der Waals surface area contributed by atoms with E-state index in [1.165, 1.54) is 28.6 Å². The number of carboxylic acid groups (broad SMARTS) is 1. The second kappa shape index (κ2) is 6.54. The second-order valence-electron chi connectivity index (χ2n) is 4.41. The molecule has 1 fully saturated rings. The summed E-state index contributed by atoms with van der Waals surface area (Å²) in [5.41, 5.74) is 0. The smallest absolute Gasteiger partial charge is 0.341 e. The van der Waals surface area contributed by atoms with E-state index in [9.17, 15) is 17.4 Å². The first-order valence-corrected chi connectivity index (χ1v) is 9.12. The molecule has 116 valence electrons. The maximum Gasteiger partial charge on any atom is 0.341 e. The second-order valence-corrected chi connectivity index (χ2v) is 8.04. The summed E-state index contributed by atoms with van der Waals surface area (Å²) in [5, 5.41) is 8.50. The van der Waals surface area contributed by atoms with Gasteiger partial charge in [-0.3, -0.25) is 4.21 Å². The molecule has 1 aliphatic rings. The summed E-state index contributed by atoms with van der Waals surface area (Å²) in [5.74, 6) is -0.123. The molecule has 21 heavy (non-hydrogen) atoms. The summed E-state index contributed by atoms with van der Waals surface area (Å²) in [6.07, 6.45) is 0. The van der Waals surface area contributed by atoms with Gasteiger partial charge in [0.05, 0.1) is 4.90 Å². The zero-order valence-electron chi connectivity index (χ0n) is 11.1. The molecular formula is C12H15NO6S2. The summed E-state index contributed by atoms with van der Waals surface area (Å²) in [7, 11) is -4.55. The number of rotatable bonds is 5. The number of aliphatic carboxylic acids is 1. The zero-order valence-corrected chi connectivity index (χ0v) is 12.7. The topological polar surface area (TPSA) is 101 Å². The monoisotopic (exact) mass is 333 g/mol. The van der Waals surface area contributed by atoms with Gasteiger partial charge in [0, 0.05) is 35.4 Å². The Balaban J connectivity index is 2.10. The van der Waals surface area contributed by atoms with Gasteiger partial charge in [0.25, 0.3) is 0 Å². The Morgan fingerprint density at radius 2 is 1.81 bits per heavy atom. The molecule has 0 unspecified atom stereocenters. The van der Waals surface area contributed by atoms with Crippen LogP contribution in [0.5, 0.6) is 5.75 Å². The molecule has 1 aromatic carbocycles. The minimum Gasteiger partial charge on any atom is -0.482 e. The lowest BCUT2D eigenvalue weighted by Crippen LogP contribution is -2.41. The van der Waals surface area contributed by atoms with Crippen LogP contribution in [-0.4, -0.2) is 59.2 Å². The molecular weight excluding hydrogens is 318 g/mol. The van der Waals surface area contributed by atoms with Crippen LogP contribution in [0.2, 0.25) is 0 Å². The number of carbonyl (C=O) groups is 1. The Morgan fingerprint density at radius 3 is 2.33 bits per heavy atom. The lowest BCUT2D eigenvalue weighted by molar-refractivity contribution is -0.139. The Morgan fingerprint density at radius 1 is 1.24 bits per heavy atom. The van der Waals surface area contributed by atoms with Crippen LogP contribution in [0.15, 0.2) is 29.2 Å². The number of sulfonamides is 1. The van der Waals surface area contributed by atoms with Gasteiger partial charge in [0.2, 0.25) is 10.0 Å². The Hall–Kier alpha value is -1.45. The van der Waals surface area contributed by atoms with Crippen LogP contribution in [-0.2, 0) is 25.6 Å². The molecule has 1 aromatic rings. The Labute approximate surface area is 125 Å². The third kappa shape index (κ3) is 4.02. The van der Waals surface area contributed by atoms with Gasteiger partial charge < -0.3 is 9.84 Å². The molecule has 7 nitrogen and oxygen atoms in total. The van der Waals surface area contributed by atoms with E-state index in [0.717, 1.165) is 0 Å². The van der Waals surface area contributed by atoms with Gasteiger partial charge >= 0.3 is 5.97 Å². The first-order valence-electron chi connectivity index (χ1n) is 6.19. The Bertz CT molecular complexity index is 630. The highest BCUT2D eigenvalue weighted by atomic mass is 32.2. The fourth-order valence-electron chi connectivity index (χ4n) is 1.86. The van der Waals surface area contributed by atoms with E-state index in [1.807, 2.05) is 0 Å². The van der Waals surface area contributed by atoms with Gasteiger partial charge in [-0.25, -0.2) is 13.2 Å². The maximum absolute atomic E-state index is 12.4. The number of hydrogen-bond donors (Lipinski definition) is 1. The highest BCUT2D eigenvalue weighted by Gasteiger charge is 2.27. The highest BCUT2D eigenvalue weighted by Crippen LogP contribution is 2.20. The standard InChI is InChI=1S/C12H15NO6S2/c14-12(15)9-19-10-1-3-11(4-2-10)21(17,18)13-5-7-20(16)8-6-13/h1-4H,5-9H2,(H,14,15). The number of ether oxygens (including phenoxy) is 1. The molecule has 2 rings (SSSR count). The lowest BCUT2D eigenvalue weighted by Gasteiger charge is -2.25. The minimum absolute atomic E-state index is 0.109. The first-order chi connectivity index (χ1) is 9.89. The lowest BCUT2D eigenvalue weighted by atomic mass is 10.3. The van der Waals surface area contributed by atoms with Crippen LogP contribution < -0.4 is 4.74 Å². The van der Waals surface area contributed by atoms with Crippen molar-refractivity contribution in [1.82, 2.24) is 4.31 Å². The van der Waals surface area contributed by atoms with Gasteiger partial charge in [-0.2, -0.15) is 4.31 Å². The highest BCUT2D eigenvalue weighted by molar-refractivity contribution is 7.89. The minimum atomic E-state index is -3.61. The van der Waals surface area contributed by atoms with Crippen molar-refractivity contribution in [3.05, 3.63) is 24.3 Å². The van der Waals surface area contributed by atoms with Crippen molar-refractivity contribution in [3.8, 4) is 5.75 Å². The number of hydrogen-bond acceptors (Lipinski definition) is 5. The van der Waals surface area contributed by atoms with Crippen LogP contribution in [0, 0.1) is 0 Å². The number of carboxylic acids is 1. The van der Waals surface area contributed by atoms with E-state index in [-0.39, 0.29) is 23.7 Å². The summed E-state index contributed by atoms with van der Waals surface area (Å²) in [6.45, 7) is 0.00244. The summed E-state index contributed by atoms with van der Waals surface area (Å²) in [6, 6.07) is 5.58. The van der Waals surface area contributed by atoms with Gasteiger partial charge in [-0.15, -0.1) is 0 Å². The van der Waals surface area contributed by atoms with Crippen LogP contribution in [0.4, 0.5) is 0 Å². The van der Waals surface area contributed by atoms with Crippen molar-refractivity contribution in [2.75, 3.05) is 31.2 Å². The van der Waals surface area contributed by atoms with E-state index < -0.39 is 33.4 Å². The third-order valence-electron chi connectivity index (χ3n) is 2.96. The molecule has 1 saturated heterocycles. The SMILES string of the molecule is O=C(O)COc1ccc(S(=O)(=O)N2CCS(=O)CC2)cc1. The summed E-state index contributed by atoms with van der Waals surface area (Å²) in [4.78, 5) is 10.5. The number of benzene rings is 1. The molecule has 0 radical (unpaired) electrons. The van der Waals surface area contributed by atoms with Crippen molar-refractivity contribution < 1.29 is 27.3 Å². The summed E-state index contributed by atoms with van der Waals surface area (Å²) >= 11 is 0. The van der Waals surface area contributed by atoms with Crippen LogP contribution in [0.25, 0.3) is 0 Å². The molecule has 0 amide bonds. The van der Waals surface area contributed by atoms with Gasteiger partial charge in [0.15, 0.2) is 6.61 Å². The zero-order chi connectivity index (χ0) is 15.5. The first kappa shape index (κ1) is 15.9.